The zero-order valence-electron chi connectivity index (χ0n) is 19.0. The molecule has 1 fully saturated rings. The van der Waals surface area contributed by atoms with Crippen molar-refractivity contribution < 1.29 is 28.3 Å². The normalized spacial score (nSPS) is 16.4. The molecule has 0 spiro atoms. The molecule has 5 rings (SSSR count). The number of rotatable bonds is 4. The first-order valence-corrected chi connectivity index (χ1v) is 11.1. The van der Waals surface area contributed by atoms with Crippen LogP contribution in [0.5, 0.6) is 11.5 Å². The number of nitrogens with zero attached hydrogens (tertiary/aromatic N) is 2. The largest absolute Gasteiger partial charge is 0.496 e. The fourth-order valence-electron chi connectivity index (χ4n) is 4.07. The van der Waals surface area contributed by atoms with Crippen LogP contribution in [0, 0.1) is 0 Å². The Hall–Kier alpha value is -4.53. The van der Waals surface area contributed by atoms with Crippen LogP contribution in [0.15, 0.2) is 71.0 Å². The number of methoxy groups -OCH3 is 1. The molecule has 178 valence electrons. The number of fused-ring (bicyclic) bond motifs is 1. The lowest BCUT2D eigenvalue weighted by molar-refractivity contribution is -0.115. The summed E-state index contributed by atoms with van der Waals surface area (Å²) in [6, 6.07) is 15.5. The highest BCUT2D eigenvalue weighted by Crippen LogP contribution is 2.33. The summed E-state index contributed by atoms with van der Waals surface area (Å²) in [5, 5.41) is 2.80. The third-order valence-electron chi connectivity index (χ3n) is 5.93. The molecule has 0 bridgehead atoms. The molecule has 0 unspecified atom stereocenters. The van der Waals surface area contributed by atoms with E-state index in [0.717, 1.165) is 0 Å². The predicted octanol–water partition coefficient (Wildman–Crippen LogP) is 3.26. The zero-order valence-corrected chi connectivity index (χ0v) is 19.0. The second kappa shape index (κ2) is 9.38. The van der Waals surface area contributed by atoms with Gasteiger partial charge in [-0.3, -0.25) is 14.4 Å². The number of hydrogen-bond acceptors (Lipinski definition) is 6. The van der Waals surface area contributed by atoms with E-state index >= 15 is 0 Å². The van der Waals surface area contributed by atoms with Gasteiger partial charge in [0.2, 0.25) is 0 Å². The molecular formula is C26H23N3O6. The number of benzene rings is 2. The van der Waals surface area contributed by atoms with Gasteiger partial charge < -0.3 is 29.0 Å². The molecule has 3 aromatic rings. The third-order valence-corrected chi connectivity index (χ3v) is 5.93. The smallest absolute Gasteiger partial charge is 0.291 e. The molecule has 2 aliphatic rings. The van der Waals surface area contributed by atoms with E-state index in [0.29, 0.717) is 54.5 Å². The SMILES string of the molecule is COc1ccccc1C=C1Oc2ccc(C(=O)N3CCN(C(=O)c4ccco4)CC3)cc2NC1=O. The standard InChI is InChI=1S/C26H23N3O6/c1-33-20-6-3-2-5-17(20)16-23-24(30)27-19-15-18(8-9-21(19)35-23)25(31)28-10-12-29(13-11-28)26(32)22-7-4-14-34-22/h2-9,14-16H,10-13H2,1H3,(H,27,30). The quantitative estimate of drug-likeness (QED) is 0.584. The van der Waals surface area contributed by atoms with E-state index in [4.69, 9.17) is 13.9 Å². The van der Waals surface area contributed by atoms with Crippen molar-refractivity contribution in [1.82, 2.24) is 9.80 Å². The van der Waals surface area contributed by atoms with Crippen molar-refractivity contribution in [3.63, 3.8) is 0 Å². The monoisotopic (exact) mass is 473 g/mol. The minimum Gasteiger partial charge on any atom is -0.496 e. The zero-order chi connectivity index (χ0) is 24.4. The molecule has 2 aromatic carbocycles. The molecule has 1 aromatic heterocycles. The first-order chi connectivity index (χ1) is 17.0. The second-order valence-electron chi connectivity index (χ2n) is 8.08. The molecule has 3 heterocycles. The van der Waals surface area contributed by atoms with Gasteiger partial charge in [-0.1, -0.05) is 18.2 Å². The molecule has 0 aliphatic carbocycles. The number of carbonyl (C=O) groups excluding carboxylic acids is 3. The Balaban J connectivity index is 1.27. The summed E-state index contributed by atoms with van der Waals surface area (Å²) in [7, 11) is 1.56. The molecule has 1 N–H and O–H groups in total. The van der Waals surface area contributed by atoms with Gasteiger partial charge in [0.25, 0.3) is 17.7 Å². The Morgan fingerprint density at radius 2 is 1.71 bits per heavy atom. The molecule has 0 saturated carbocycles. The van der Waals surface area contributed by atoms with Gasteiger partial charge in [-0.05, 0) is 42.5 Å². The Kier molecular flexibility index (Phi) is 5.97. The Morgan fingerprint density at radius 1 is 0.971 bits per heavy atom. The molecular weight excluding hydrogens is 450 g/mol. The molecule has 2 aliphatic heterocycles. The Bertz CT molecular complexity index is 1310. The van der Waals surface area contributed by atoms with Gasteiger partial charge in [-0.25, -0.2) is 0 Å². The number of furan rings is 1. The number of nitrogens with one attached hydrogen (secondary N) is 1. The van der Waals surface area contributed by atoms with Crippen LogP contribution < -0.4 is 14.8 Å². The molecule has 3 amide bonds. The summed E-state index contributed by atoms with van der Waals surface area (Å²) in [5.41, 5.74) is 1.56. The van der Waals surface area contributed by atoms with Crippen LogP contribution in [-0.2, 0) is 4.79 Å². The number of hydrogen-bond donors (Lipinski definition) is 1. The van der Waals surface area contributed by atoms with E-state index in [1.807, 2.05) is 18.2 Å². The van der Waals surface area contributed by atoms with Gasteiger partial charge in [-0.2, -0.15) is 0 Å². The van der Waals surface area contributed by atoms with Crippen LogP contribution in [0.1, 0.15) is 26.5 Å². The number of anilines is 1. The Morgan fingerprint density at radius 3 is 2.43 bits per heavy atom. The average molecular weight is 473 g/mol. The molecule has 0 atom stereocenters. The molecule has 0 radical (unpaired) electrons. The van der Waals surface area contributed by atoms with E-state index in [2.05, 4.69) is 5.32 Å². The molecule has 9 nitrogen and oxygen atoms in total. The fraction of sp³-hybridized carbons (Fsp3) is 0.192. The fourth-order valence-corrected chi connectivity index (χ4v) is 4.07. The first kappa shape index (κ1) is 22.3. The van der Waals surface area contributed by atoms with E-state index in [1.165, 1.54) is 6.26 Å². The molecule has 1 saturated heterocycles. The average Bonchev–Trinajstić information content (AvgIpc) is 3.43. The van der Waals surface area contributed by atoms with Crippen LogP contribution >= 0.6 is 0 Å². The number of para-hydroxylation sites is 1. The highest BCUT2D eigenvalue weighted by atomic mass is 16.5. The van der Waals surface area contributed by atoms with Crippen molar-refractivity contribution in [2.75, 3.05) is 38.6 Å². The van der Waals surface area contributed by atoms with Crippen LogP contribution in [0.4, 0.5) is 5.69 Å². The maximum Gasteiger partial charge on any atom is 0.291 e. The topological polar surface area (TPSA) is 101 Å². The van der Waals surface area contributed by atoms with Crippen molar-refractivity contribution in [3.05, 3.63) is 83.5 Å². The maximum atomic E-state index is 13.1. The lowest BCUT2D eigenvalue weighted by Gasteiger charge is -2.34. The minimum atomic E-state index is -0.418. The van der Waals surface area contributed by atoms with E-state index in [-0.39, 0.29) is 23.3 Å². The summed E-state index contributed by atoms with van der Waals surface area (Å²) >= 11 is 0. The van der Waals surface area contributed by atoms with E-state index in [9.17, 15) is 14.4 Å². The first-order valence-electron chi connectivity index (χ1n) is 11.1. The van der Waals surface area contributed by atoms with Gasteiger partial charge in [0.1, 0.15) is 5.75 Å². The van der Waals surface area contributed by atoms with Gasteiger partial charge in [0.15, 0.2) is 17.3 Å². The molecule has 9 heteroatoms. The number of ether oxygens (including phenoxy) is 2. The lowest BCUT2D eigenvalue weighted by Crippen LogP contribution is -2.50. The van der Waals surface area contributed by atoms with Gasteiger partial charge in [0.05, 0.1) is 19.1 Å². The van der Waals surface area contributed by atoms with Gasteiger partial charge in [-0.15, -0.1) is 0 Å². The van der Waals surface area contributed by atoms with Crippen molar-refractivity contribution >= 4 is 29.5 Å². The lowest BCUT2D eigenvalue weighted by atomic mass is 10.1. The van der Waals surface area contributed by atoms with Crippen LogP contribution in [0.3, 0.4) is 0 Å². The summed E-state index contributed by atoms with van der Waals surface area (Å²) in [4.78, 5) is 41.5. The summed E-state index contributed by atoms with van der Waals surface area (Å²) < 4.78 is 16.3. The van der Waals surface area contributed by atoms with E-state index in [1.54, 1.807) is 59.4 Å². The summed E-state index contributed by atoms with van der Waals surface area (Å²) in [5.74, 6) is 0.686. The minimum absolute atomic E-state index is 0.124. The summed E-state index contributed by atoms with van der Waals surface area (Å²) in [6.45, 7) is 1.62. The third kappa shape index (κ3) is 4.48. The highest BCUT2D eigenvalue weighted by Gasteiger charge is 2.28. The van der Waals surface area contributed by atoms with Crippen molar-refractivity contribution in [3.8, 4) is 11.5 Å². The van der Waals surface area contributed by atoms with Crippen molar-refractivity contribution in [2.45, 2.75) is 0 Å². The van der Waals surface area contributed by atoms with Crippen LogP contribution in [-0.4, -0.2) is 60.8 Å². The van der Waals surface area contributed by atoms with Gasteiger partial charge >= 0.3 is 0 Å². The predicted molar refractivity (Wildman–Crippen MR) is 127 cm³/mol. The number of carbonyl (C=O) groups is 3. The van der Waals surface area contributed by atoms with Gasteiger partial charge in [0, 0.05) is 37.3 Å². The number of amides is 3. The highest BCUT2D eigenvalue weighted by molar-refractivity contribution is 6.09. The van der Waals surface area contributed by atoms with Crippen molar-refractivity contribution in [1.29, 1.82) is 0 Å². The molecule has 35 heavy (non-hydrogen) atoms. The van der Waals surface area contributed by atoms with E-state index < -0.39 is 5.91 Å². The van der Waals surface area contributed by atoms with Crippen molar-refractivity contribution in [2.24, 2.45) is 0 Å². The summed E-state index contributed by atoms with van der Waals surface area (Å²) in [6.07, 6.45) is 3.07. The van der Waals surface area contributed by atoms with Crippen LogP contribution in [0.25, 0.3) is 6.08 Å². The van der Waals surface area contributed by atoms with Crippen LogP contribution in [0.2, 0.25) is 0 Å². The Labute approximate surface area is 201 Å². The maximum absolute atomic E-state index is 13.1. The second-order valence-corrected chi connectivity index (χ2v) is 8.08. The number of piperazine rings is 1.